The molecule has 2 aromatic rings. The second-order valence-corrected chi connectivity index (χ2v) is 7.06. The molecule has 0 fully saturated rings. The van der Waals surface area contributed by atoms with E-state index in [1.54, 1.807) is 0 Å². The number of fused-ring (bicyclic) bond motifs is 1. The second-order valence-electron chi connectivity index (χ2n) is 6.06. The Hall–Kier alpha value is -1.65. The van der Waals surface area contributed by atoms with Crippen molar-refractivity contribution in [2.45, 2.75) is 33.2 Å². The van der Waals surface area contributed by atoms with E-state index in [-0.39, 0.29) is 5.91 Å². The number of nitrogens with one attached hydrogen (secondary N) is 1. The van der Waals surface area contributed by atoms with Gasteiger partial charge in [0.25, 0.3) is 0 Å². The number of aryl methyl sites for hydroxylation is 2. The Kier molecular flexibility index (Phi) is 4.32. The number of benzene rings is 1. The number of carbonyl (C=O) groups is 1. The first kappa shape index (κ1) is 15.3. The lowest BCUT2D eigenvalue weighted by Crippen LogP contribution is -2.39. The van der Waals surface area contributed by atoms with Crippen LogP contribution in [0.3, 0.4) is 0 Å². The van der Waals surface area contributed by atoms with Gasteiger partial charge in [0.15, 0.2) is 0 Å². The van der Waals surface area contributed by atoms with Gasteiger partial charge in [-0.05, 0) is 61.4 Å². The van der Waals surface area contributed by atoms with Crippen LogP contribution >= 0.6 is 11.3 Å². The maximum Gasteiger partial charge on any atom is 0.238 e. The molecule has 1 amide bonds. The Morgan fingerprint density at radius 3 is 3.00 bits per heavy atom. The SMILES string of the molecule is Cc1ccc(C)c(NC(=O)CN2CCc3sccc3[C@@H]2C)c1. The van der Waals surface area contributed by atoms with Crippen LogP contribution in [0.1, 0.15) is 34.5 Å². The number of anilines is 1. The van der Waals surface area contributed by atoms with Gasteiger partial charge in [-0.1, -0.05) is 12.1 Å². The van der Waals surface area contributed by atoms with Gasteiger partial charge in [-0.25, -0.2) is 0 Å². The van der Waals surface area contributed by atoms with Crippen molar-refractivity contribution in [2.75, 3.05) is 18.4 Å². The topological polar surface area (TPSA) is 32.3 Å². The van der Waals surface area contributed by atoms with Gasteiger partial charge in [0.05, 0.1) is 6.54 Å². The fraction of sp³-hybridized carbons (Fsp3) is 0.389. The zero-order chi connectivity index (χ0) is 15.7. The molecule has 2 heterocycles. The van der Waals surface area contributed by atoms with Crippen molar-refractivity contribution in [3.05, 3.63) is 51.2 Å². The predicted molar refractivity (Wildman–Crippen MR) is 92.6 cm³/mol. The zero-order valence-electron chi connectivity index (χ0n) is 13.3. The van der Waals surface area contributed by atoms with Crippen molar-refractivity contribution in [1.29, 1.82) is 0 Å². The number of nitrogens with zero attached hydrogens (tertiary/aromatic N) is 1. The third-order valence-corrected chi connectivity index (χ3v) is 5.41. The minimum Gasteiger partial charge on any atom is -0.325 e. The monoisotopic (exact) mass is 314 g/mol. The molecule has 116 valence electrons. The van der Waals surface area contributed by atoms with E-state index in [0.29, 0.717) is 12.6 Å². The molecule has 0 bridgehead atoms. The summed E-state index contributed by atoms with van der Waals surface area (Å²) in [4.78, 5) is 16.1. The quantitative estimate of drug-likeness (QED) is 0.931. The average molecular weight is 314 g/mol. The Bertz CT molecular complexity index is 692. The maximum atomic E-state index is 12.4. The Morgan fingerprint density at radius 1 is 1.36 bits per heavy atom. The molecule has 1 N–H and O–H groups in total. The largest absolute Gasteiger partial charge is 0.325 e. The van der Waals surface area contributed by atoms with Gasteiger partial charge in [0.2, 0.25) is 5.91 Å². The van der Waals surface area contributed by atoms with Gasteiger partial charge in [0.1, 0.15) is 0 Å². The summed E-state index contributed by atoms with van der Waals surface area (Å²) in [7, 11) is 0. The summed E-state index contributed by atoms with van der Waals surface area (Å²) in [5, 5.41) is 5.21. The first-order valence-electron chi connectivity index (χ1n) is 7.72. The second kappa shape index (κ2) is 6.23. The van der Waals surface area contributed by atoms with Crippen molar-refractivity contribution in [3.63, 3.8) is 0 Å². The highest BCUT2D eigenvalue weighted by atomic mass is 32.1. The van der Waals surface area contributed by atoms with E-state index in [9.17, 15) is 4.79 Å². The Morgan fingerprint density at radius 2 is 2.18 bits per heavy atom. The fourth-order valence-electron chi connectivity index (χ4n) is 3.02. The number of carbonyl (C=O) groups excluding carboxylic acids is 1. The summed E-state index contributed by atoms with van der Waals surface area (Å²) in [5.74, 6) is 0.0687. The zero-order valence-corrected chi connectivity index (χ0v) is 14.2. The van der Waals surface area contributed by atoms with E-state index in [1.807, 2.05) is 37.3 Å². The summed E-state index contributed by atoms with van der Waals surface area (Å²) < 4.78 is 0. The molecule has 4 heteroatoms. The molecule has 0 unspecified atom stereocenters. The van der Waals surface area contributed by atoms with Gasteiger partial charge >= 0.3 is 0 Å². The lowest BCUT2D eigenvalue weighted by molar-refractivity contribution is -0.117. The number of hydrogen-bond acceptors (Lipinski definition) is 3. The molecule has 3 nitrogen and oxygen atoms in total. The highest BCUT2D eigenvalue weighted by Crippen LogP contribution is 2.32. The first-order chi connectivity index (χ1) is 10.5. The fourth-order valence-corrected chi connectivity index (χ4v) is 3.98. The van der Waals surface area contributed by atoms with Crippen LogP contribution in [0.2, 0.25) is 0 Å². The van der Waals surface area contributed by atoms with E-state index in [0.717, 1.165) is 29.8 Å². The lowest BCUT2D eigenvalue weighted by Gasteiger charge is -2.33. The van der Waals surface area contributed by atoms with Crippen molar-refractivity contribution < 1.29 is 4.79 Å². The molecule has 1 atom stereocenters. The molecule has 1 aromatic heterocycles. The number of thiophene rings is 1. The van der Waals surface area contributed by atoms with E-state index in [4.69, 9.17) is 0 Å². The molecule has 3 rings (SSSR count). The van der Waals surface area contributed by atoms with Crippen molar-refractivity contribution in [2.24, 2.45) is 0 Å². The van der Waals surface area contributed by atoms with Crippen LogP contribution in [0.25, 0.3) is 0 Å². The highest BCUT2D eigenvalue weighted by molar-refractivity contribution is 7.10. The predicted octanol–water partition coefficient (Wildman–Crippen LogP) is 3.92. The minimum absolute atomic E-state index is 0.0687. The van der Waals surface area contributed by atoms with Crippen LogP contribution in [0, 0.1) is 13.8 Å². The highest BCUT2D eigenvalue weighted by Gasteiger charge is 2.26. The molecule has 1 aliphatic rings. The molecular formula is C18H22N2OS. The van der Waals surface area contributed by atoms with Crippen LogP contribution in [-0.4, -0.2) is 23.9 Å². The van der Waals surface area contributed by atoms with Gasteiger partial charge < -0.3 is 5.32 Å². The molecule has 0 aliphatic carbocycles. The molecule has 1 aromatic carbocycles. The van der Waals surface area contributed by atoms with E-state index in [2.05, 4.69) is 34.7 Å². The third kappa shape index (κ3) is 3.08. The average Bonchev–Trinajstić information content (AvgIpc) is 2.95. The van der Waals surface area contributed by atoms with Crippen molar-refractivity contribution in [1.82, 2.24) is 4.90 Å². The first-order valence-corrected chi connectivity index (χ1v) is 8.60. The van der Waals surface area contributed by atoms with Gasteiger partial charge in [-0.3, -0.25) is 9.69 Å². The minimum atomic E-state index is 0.0687. The Labute approximate surface area is 136 Å². The van der Waals surface area contributed by atoms with Crippen molar-refractivity contribution >= 4 is 22.9 Å². The Balaban J connectivity index is 1.66. The molecule has 0 saturated carbocycles. The number of hydrogen-bond donors (Lipinski definition) is 1. The summed E-state index contributed by atoms with van der Waals surface area (Å²) in [6.45, 7) is 7.66. The summed E-state index contributed by atoms with van der Waals surface area (Å²) in [6.07, 6.45) is 1.05. The van der Waals surface area contributed by atoms with Gasteiger partial charge in [-0.15, -0.1) is 11.3 Å². The van der Waals surface area contributed by atoms with Crippen LogP contribution in [0.15, 0.2) is 29.6 Å². The molecule has 0 saturated heterocycles. The molecule has 0 radical (unpaired) electrons. The van der Waals surface area contributed by atoms with E-state index >= 15 is 0 Å². The lowest BCUT2D eigenvalue weighted by atomic mass is 10.0. The molecule has 22 heavy (non-hydrogen) atoms. The summed E-state index contributed by atoms with van der Waals surface area (Å²) in [5.41, 5.74) is 4.57. The van der Waals surface area contributed by atoms with Crippen LogP contribution in [0.4, 0.5) is 5.69 Å². The van der Waals surface area contributed by atoms with Crippen molar-refractivity contribution in [3.8, 4) is 0 Å². The normalized spacial score (nSPS) is 18.0. The molecule has 0 spiro atoms. The smallest absolute Gasteiger partial charge is 0.238 e. The van der Waals surface area contributed by atoms with Crippen LogP contribution in [0.5, 0.6) is 0 Å². The number of amides is 1. The van der Waals surface area contributed by atoms with Crippen LogP contribution in [-0.2, 0) is 11.2 Å². The van der Waals surface area contributed by atoms with E-state index < -0.39 is 0 Å². The standard InChI is InChI=1S/C18H22N2OS/c1-12-4-5-13(2)16(10-12)19-18(21)11-20-8-6-17-15(14(20)3)7-9-22-17/h4-5,7,9-10,14H,6,8,11H2,1-3H3,(H,19,21)/t14-/m0/s1. The molecule has 1 aliphatic heterocycles. The maximum absolute atomic E-state index is 12.4. The van der Waals surface area contributed by atoms with Gasteiger partial charge in [-0.2, -0.15) is 0 Å². The summed E-state index contributed by atoms with van der Waals surface area (Å²) >= 11 is 1.83. The van der Waals surface area contributed by atoms with Gasteiger partial charge in [0, 0.05) is 23.2 Å². The number of rotatable bonds is 3. The van der Waals surface area contributed by atoms with Crippen LogP contribution < -0.4 is 5.32 Å². The van der Waals surface area contributed by atoms with E-state index in [1.165, 1.54) is 10.4 Å². The molecular weight excluding hydrogens is 292 g/mol. The summed E-state index contributed by atoms with van der Waals surface area (Å²) in [6, 6.07) is 8.66. The third-order valence-electron chi connectivity index (χ3n) is 4.42.